The van der Waals surface area contributed by atoms with Crippen molar-refractivity contribution in [1.29, 1.82) is 0 Å². The number of aryl methyl sites for hydroxylation is 1. The summed E-state index contributed by atoms with van der Waals surface area (Å²) in [5.41, 5.74) is 5.90. The molecule has 0 bridgehead atoms. The van der Waals surface area contributed by atoms with Gasteiger partial charge in [-0.2, -0.15) is 0 Å². The van der Waals surface area contributed by atoms with Crippen molar-refractivity contribution in [1.82, 2.24) is 9.47 Å². The molecular formula is C16H22N2. The zero-order valence-corrected chi connectivity index (χ0v) is 12.0. The number of hydrogen-bond donors (Lipinski definition) is 0. The molecule has 2 unspecified atom stereocenters. The summed E-state index contributed by atoms with van der Waals surface area (Å²) >= 11 is 0. The third-order valence-corrected chi connectivity index (χ3v) is 4.82. The predicted octanol–water partition coefficient (Wildman–Crippen LogP) is 3.08. The summed E-state index contributed by atoms with van der Waals surface area (Å²) in [5.74, 6) is 0.609. The highest BCUT2D eigenvalue weighted by Crippen LogP contribution is 2.40. The topological polar surface area (TPSA) is 8.17 Å². The quantitative estimate of drug-likeness (QED) is 0.746. The lowest BCUT2D eigenvalue weighted by atomic mass is 9.80. The Balaban J connectivity index is 2.32. The molecule has 0 radical (unpaired) electrons. The second-order valence-electron chi connectivity index (χ2n) is 5.89. The molecule has 2 atom stereocenters. The van der Waals surface area contributed by atoms with Gasteiger partial charge in [0.15, 0.2) is 0 Å². The van der Waals surface area contributed by atoms with Crippen LogP contribution in [-0.4, -0.2) is 29.6 Å². The Morgan fingerprint density at radius 2 is 2.00 bits per heavy atom. The van der Waals surface area contributed by atoms with Crippen LogP contribution < -0.4 is 0 Å². The fraction of sp³-hybridized carbons (Fsp3) is 0.500. The van der Waals surface area contributed by atoms with E-state index in [-0.39, 0.29) is 0 Å². The number of nitrogens with zero attached hydrogens (tertiary/aromatic N) is 2. The highest BCUT2D eigenvalue weighted by atomic mass is 15.1. The van der Waals surface area contributed by atoms with Gasteiger partial charge in [0.1, 0.15) is 0 Å². The number of benzene rings is 1. The molecule has 18 heavy (non-hydrogen) atoms. The van der Waals surface area contributed by atoms with Crippen LogP contribution in [-0.2, 0) is 13.5 Å². The summed E-state index contributed by atoms with van der Waals surface area (Å²) in [6.07, 6.45) is 1.17. The minimum Gasteiger partial charge on any atom is -0.348 e. The van der Waals surface area contributed by atoms with E-state index in [9.17, 15) is 0 Å². The molecule has 3 rings (SSSR count). The number of aromatic nitrogens is 1. The molecule has 1 aromatic heterocycles. The van der Waals surface area contributed by atoms with Gasteiger partial charge in [-0.05, 0) is 50.6 Å². The Kier molecular flexibility index (Phi) is 2.53. The maximum Gasteiger partial charge on any atom is 0.0485 e. The van der Waals surface area contributed by atoms with Gasteiger partial charge in [0.25, 0.3) is 0 Å². The zero-order chi connectivity index (χ0) is 13.0. The van der Waals surface area contributed by atoms with Crippen molar-refractivity contribution in [2.24, 2.45) is 7.05 Å². The van der Waals surface area contributed by atoms with Gasteiger partial charge < -0.3 is 9.47 Å². The lowest BCUT2D eigenvalue weighted by Gasteiger charge is -2.34. The Bertz CT molecular complexity index is 607. The predicted molar refractivity (Wildman–Crippen MR) is 77.3 cm³/mol. The largest absolute Gasteiger partial charge is 0.348 e. The molecule has 1 aliphatic carbocycles. The molecule has 0 saturated carbocycles. The smallest absolute Gasteiger partial charge is 0.0485 e. The summed E-state index contributed by atoms with van der Waals surface area (Å²) in [6, 6.07) is 7.38. The summed E-state index contributed by atoms with van der Waals surface area (Å²) in [4.78, 5) is 2.37. The van der Waals surface area contributed by atoms with Crippen LogP contribution >= 0.6 is 0 Å². The van der Waals surface area contributed by atoms with Crippen LogP contribution in [0.3, 0.4) is 0 Å². The van der Waals surface area contributed by atoms with E-state index in [1.54, 1.807) is 5.56 Å². The first-order chi connectivity index (χ1) is 8.52. The molecule has 0 fully saturated rings. The van der Waals surface area contributed by atoms with Crippen molar-refractivity contribution in [3.8, 4) is 0 Å². The Morgan fingerprint density at radius 3 is 2.67 bits per heavy atom. The SMILES string of the molecule is Cc1c2c3c(cccc3n1C)C(C)C(N(C)C)C2. The maximum atomic E-state index is 2.37. The minimum atomic E-state index is 0.609. The Morgan fingerprint density at radius 1 is 1.28 bits per heavy atom. The standard InChI is InChI=1S/C16H22N2/c1-10-12-7-6-8-14-16(12)13(11(2)18(14)5)9-15(10)17(3)4/h6-8,10,15H,9H2,1-5H3. The molecule has 2 heteroatoms. The molecule has 0 amide bonds. The molecule has 0 aliphatic heterocycles. The lowest BCUT2D eigenvalue weighted by molar-refractivity contribution is 0.256. The van der Waals surface area contributed by atoms with Crippen molar-refractivity contribution in [3.05, 3.63) is 35.0 Å². The highest BCUT2D eigenvalue weighted by Gasteiger charge is 2.31. The van der Waals surface area contributed by atoms with Gasteiger partial charge in [0.2, 0.25) is 0 Å². The molecule has 2 nitrogen and oxygen atoms in total. The fourth-order valence-corrected chi connectivity index (χ4v) is 3.58. The van der Waals surface area contributed by atoms with Crippen LogP contribution in [0.5, 0.6) is 0 Å². The van der Waals surface area contributed by atoms with Crippen molar-refractivity contribution in [2.75, 3.05) is 14.1 Å². The minimum absolute atomic E-state index is 0.609. The second kappa shape index (κ2) is 3.86. The van der Waals surface area contributed by atoms with Crippen LogP contribution in [0.4, 0.5) is 0 Å². The van der Waals surface area contributed by atoms with Crippen molar-refractivity contribution >= 4 is 10.9 Å². The van der Waals surface area contributed by atoms with E-state index in [1.807, 2.05) is 0 Å². The third kappa shape index (κ3) is 1.39. The molecule has 0 saturated heterocycles. The first-order valence-corrected chi connectivity index (χ1v) is 6.75. The Hall–Kier alpha value is -1.28. The van der Waals surface area contributed by atoms with Crippen LogP contribution in [0.15, 0.2) is 18.2 Å². The summed E-state index contributed by atoms with van der Waals surface area (Å²) in [7, 11) is 6.58. The van der Waals surface area contributed by atoms with Gasteiger partial charge in [-0.3, -0.25) is 0 Å². The average Bonchev–Trinajstić information content (AvgIpc) is 2.59. The first kappa shape index (κ1) is 11.8. The van der Waals surface area contributed by atoms with E-state index < -0.39 is 0 Å². The number of likely N-dealkylation sites (N-methyl/N-ethyl adjacent to an activating group) is 1. The summed E-state index contributed by atoms with van der Waals surface area (Å²) < 4.78 is 2.35. The van der Waals surface area contributed by atoms with E-state index in [1.165, 1.54) is 28.6 Å². The molecule has 1 aromatic carbocycles. The molecule has 2 aromatic rings. The van der Waals surface area contributed by atoms with E-state index >= 15 is 0 Å². The Labute approximate surface area is 109 Å². The summed E-state index contributed by atoms with van der Waals surface area (Å²) in [6.45, 7) is 4.62. The first-order valence-electron chi connectivity index (χ1n) is 6.75. The number of rotatable bonds is 1. The van der Waals surface area contributed by atoms with Crippen LogP contribution in [0.1, 0.15) is 29.7 Å². The van der Waals surface area contributed by atoms with Crippen molar-refractivity contribution < 1.29 is 0 Å². The lowest BCUT2D eigenvalue weighted by Crippen LogP contribution is -2.36. The van der Waals surface area contributed by atoms with Crippen LogP contribution in [0.25, 0.3) is 10.9 Å². The monoisotopic (exact) mass is 242 g/mol. The van der Waals surface area contributed by atoms with Crippen LogP contribution in [0, 0.1) is 6.92 Å². The fourth-order valence-electron chi connectivity index (χ4n) is 3.58. The third-order valence-electron chi connectivity index (χ3n) is 4.82. The van der Waals surface area contributed by atoms with Crippen LogP contribution in [0.2, 0.25) is 0 Å². The molecule has 0 N–H and O–H groups in total. The van der Waals surface area contributed by atoms with Crippen molar-refractivity contribution in [2.45, 2.75) is 32.2 Å². The molecule has 1 heterocycles. The molecule has 96 valence electrons. The normalized spacial score (nSPS) is 23.0. The average molecular weight is 242 g/mol. The summed E-state index contributed by atoms with van der Waals surface area (Å²) in [5, 5.41) is 1.52. The van der Waals surface area contributed by atoms with Crippen molar-refractivity contribution in [3.63, 3.8) is 0 Å². The zero-order valence-electron chi connectivity index (χ0n) is 12.0. The van der Waals surface area contributed by atoms with Gasteiger partial charge >= 0.3 is 0 Å². The second-order valence-corrected chi connectivity index (χ2v) is 5.89. The molecule has 0 spiro atoms. The van der Waals surface area contributed by atoms with Gasteiger partial charge in [-0.1, -0.05) is 19.1 Å². The van der Waals surface area contributed by atoms with Gasteiger partial charge in [0.05, 0.1) is 0 Å². The highest BCUT2D eigenvalue weighted by molar-refractivity contribution is 5.90. The van der Waals surface area contributed by atoms with Gasteiger partial charge in [0, 0.05) is 29.7 Å². The van der Waals surface area contributed by atoms with E-state index in [0.717, 1.165) is 0 Å². The van der Waals surface area contributed by atoms with Gasteiger partial charge in [-0.25, -0.2) is 0 Å². The van der Waals surface area contributed by atoms with E-state index in [0.29, 0.717) is 12.0 Å². The molecule has 1 aliphatic rings. The molecular weight excluding hydrogens is 220 g/mol. The van der Waals surface area contributed by atoms with E-state index in [4.69, 9.17) is 0 Å². The number of hydrogen-bond acceptors (Lipinski definition) is 1. The maximum absolute atomic E-state index is 2.37. The van der Waals surface area contributed by atoms with E-state index in [2.05, 4.69) is 62.7 Å². The van der Waals surface area contributed by atoms with Gasteiger partial charge in [-0.15, -0.1) is 0 Å².